The van der Waals surface area contributed by atoms with Gasteiger partial charge in [0.25, 0.3) is 5.69 Å². The number of benzene rings is 1. The van der Waals surface area contributed by atoms with E-state index in [1.165, 1.54) is 24.3 Å². The van der Waals surface area contributed by atoms with Gasteiger partial charge in [-0.3, -0.25) is 14.9 Å². The molecule has 0 atom stereocenters. The summed E-state index contributed by atoms with van der Waals surface area (Å²) in [5.74, 6) is 0.0132. The Morgan fingerprint density at radius 2 is 1.54 bits per heavy atom. The van der Waals surface area contributed by atoms with E-state index in [0.717, 1.165) is 31.7 Å². The van der Waals surface area contributed by atoms with Gasteiger partial charge in [-0.1, -0.05) is 12.8 Å². The zero-order valence-electron chi connectivity index (χ0n) is 14.4. The maximum absolute atomic E-state index is 12.0. The van der Waals surface area contributed by atoms with Gasteiger partial charge in [0.05, 0.1) is 4.92 Å². The number of rotatable bonds is 12. The van der Waals surface area contributed by atoms with Crippen LogP contribution in [0.3, 0.4) is 0 Å². The molecule has 1 rings (SSSR count). The van der Waals surface area contributed by atoms with E-state index >= 15 is 0 Å². The largest absolute Gasteiger partial charge is 0.500 e. The molecular formula is C16H25NO6Si. The van der Waals surface area contributed by atoms with E-state index in [-0.39, 0.29) is 11.5 Å². The fourth-order valence-electron chi connectivity index (χ4n) is 2.45. The molecule has 0 spiro atoms. The van der Waals surface area contributed by atoms with Crippen LogP contribution in [0.4, 0.5) is 5.69 Å². The topological polar surface area (TPSA) is 87.9 Å². The Hall–Kier alpha value is -1.61. The highest BCUT2D eigenvalue weighted by atomic mass is 28.4. The molecular weight excluding hydrogens is 330 g/mol. The molecule has 0 saturated carbocycles. The minimum atomic E-state index is -2.49. The standard InChI is InChI=1S/C16H25NO6Si/c1-21-24(22-2,23-3)13-7-5-4-6-8-16(18)14-9-11-15(12-10-14)17(19)20/h9-12H,4-8,13H2,1-3H3. The molecule has 0 aromatic heterocycles. The number of carbonyl (C=O) groups is 1. The molecule has 134 valence electrons. The molecule has 1 aromatic carbocycles. The monoisotopic (exact) mass is 355 g/mol. The van der Waals surface area contributed by atoms with Crippen LogP contribution in [0.15, 0.2) is 24.3 Å². The van der Waals surface area contributed by atoms with Crippen LogP contribution < -0.4 is 0 Å². The lowest BCUT2D eigenvalue weighted by Crippen LogP contribution is -2.42. The second-order valence-corrected chi connectivity index (χ2v) is 8.53. The van der Waals surface area contributed by atoms with E-state index in [9.17, 15) is 14.9 Å². The van der Waals surface area contributed by atoms with Crippen LogP contribution in [-0.4, -0.2) is 40.8 Å². The molecule has 24 heavy (non-hydrogen) atoms. The fourth-order valence-corrected chi connectivity index (χ4v) is 4.25. The first kappa shape index (κ1) is 20.4. The van der Waals surface area contributed by atoms with E-state index in [1.807, 2.05) is 0 Å². The van der Waals surface area contributed by atoms with E-state index in [4.69, 9.17) is 13.3 Å². The van der Waals surface area contributed by atoms with Crippen molar-refractivity contribution in [1.29, 1.82) is 0 Å². The highest BCUT2D eigenvalue weighted by Crippen LogP contribution is 2.19. The van der Waals surface area contributed by atoms with Crippen LogP contribution in [0, 0.1) is 10.1 Å². The van der Waals surface area contributed by atoms with Crippen molar-refractivity contribution in [3.05, 3.63) is 39.9 Å². The number of Topliss-reactive ketones (excluding diaryl/α,β-unsaturated/α-hetero) is 1. The third-order valence-electron chi connectivity index (χ3n) is 3.97. The lowest BCUT2D eigenvalue weighted by Gasteiger charge is -2.24. The van der Waals surface area contributed by atoms with Gasteiger partial charge >= 0.3 is 8.80 Å². The Labute approximate surface area is 143 Å². The lowest BCUT2D eigenvalue weighted by atomic mass is 10.0. The molecule has 0 aliphatic carbocycles. The van der Waals surface area contributed by atoms with Gasteiger partial charge in [-0.25, -0.2) is 0 Å². The van der Waals surface area contributed by atoms with Gasteiger partial charge in [-0.2, -0.15) is 0 Å². The van der Waals surface area contributed by atoms with Crippen LogP contribution in [0.25, 0.3) is 0 Å². The fraction of sp³-hybridized carbons (Fsp3) is 0.562. The number of nitrogens with zero attached hydrogens (tertiary/aromatic N) is 1. The van der Waals surface area contributed by atoms with Gasteiger partial charge < -0.3 is 13.3 Å². The summed E-state index contributed by atoms with van der Waals surface area (Å²) in [4.78, 5) is 22.1. The molecule has 1 aromatic rings. The number of nitro benzene ring substituents is 1. The summed E-state index contributed by atoms with van der Waals surface area (Å²) in [6.45, 7) is 0. The Balaban J connectivity index is 2.27. The molecule has 0 aliphatic rings. The van der Waals surface area contributed by atoms with Crippen molar-refractivity contribution in [2.45, 2.75) is 38.1 Å². The Kier molecular flexibility index (Phi) is 8.76. The summed E-state index contributed by atoms with van der Waals surface area (Å²) in [6.07, 6.45) is 4.06. The maximum Gasteiger partial charge on any atom is 0.500 e. The number of unbranched alkanes of at least 4 members (excludes halogenated alkanes) is 3. The van der Waals surface area contributed by atoms with E-state index in [0.29, 0.717) is 12.0 Å². The normalized spacial score (nSPS) is 11.5. The molecule has 0 N–H and O–H groups in total. The van der Waals surface area contributed by atoms with E-state index < -0.39 is 13.7 Å². The van der Waals surface area contributed by atoms with Crippen LogP contribution in [0.5, 0.6) is 0 Å². The van der Waals surface area contributed by atoms with Crippen molar-refractivity contribution in [3.63, 3.8) is 0 Å². The summed E-state index contributed by atoms with van der Waals surface area (Å²) >= 11 is 0. The number of hydrogen-bond acceptors (Lipinski definition) is 6. The second kappa shape index (κ2) is 10.3. The van der Waals surface area contributed by atoms with Crippen LogP contribution in [0.1, 0.15) is 42.5 Å². The van der Waals surface area contributed by atoms with Crippen molar-refractivity contribution in [2.75, 3.05) is 21.3 Å². The molecule has 0 radical (unpaired) electrons. The van der Waals surface area contributed by atoms with Crippen molar-refractivity contribution >= 4 is 20.3 Å². The average molecular weight is 355 g/mol. The molecule has 8 heteroatoms. The van der Waals surface area contributed by atoms with Gasteiger partial charge in [0.15, 0.2) is 5.78 Å². The molecule has 0 bridgehead atoms. The Bertz CT molecular complexity index is 522. The molecule has 0 aliphatic heterocycles. The Morgan fingerprint density at radius 1 is 1.00 bits per heavy atom. The van der Waals surface area contributed by atoms with Crippen LogP contribution >= 0.6 is 0 Å². The number of nitro groups is 1. The van der Waals surface area contributed by atoms with Gasteiger partial charge in [0.1, 0.15) is 0 Å². The van der Waals surface area contributed by atoms with E-state index in [1.54, 1.807) is 21.3 Å². The van der Waals surface area contributed by atoms with Gasteiger partial charge in [-0.15, -0.1) is 0 Å². The van der Waals surface area contributed by atoms with Gasteiger partial charge in [0.2, 0.25) is 0 Å². The maximum atomic E-state index is 12.0. The zero-order valence-corrected chi connectivity index (χ0v) is 15.4. The van der Waals surface area contributed by atoms with Crippen LogP contribution in [0.2, 0.25) is 6.04 Å². The highest BCUT2D eigenvalue weighted by Gasteiger charge is 2.36. The summed E-state index contributed by atoms with van der Waals surface area (Å²) in [5, 5.41) is 10.6. The molecule has 0 unspecified atom stereocenters. The van der Waals surface area contributed by atoms with Crippen molar-refractivity contribution in [1.82, 2.24) is 0 Å². The molecule has 0 amide bonds. The van der Waals surface area contributed by atoms with Crippen molar-refractivity contribution in [2.24, 2.45) is 0 Å². The SMILES string of the molecule is CO[Si](CCCCCCC(=O)c1ccc([N+](=O)[O-])cc1)(OC)OC. The van der Waals surface area contributed by atoms with Gasteiger partial charge in [0, 0.05) is 51.5 Å². The average Bonchev–Trinajstić information content (AvgIpc) is 2.61. The third-order valence-corrected chi connectivity index (χ3v) is 6.80. The molecule has 0 heterocycles. The smallest absolute Gasteiger partial charge is 0.377 e. The Morgan fingerprint density at radius 3 is 2.04 bits per heavy atom. The summed E-state index contributed by atoms with van der Waals surface area (Å²) in [5.41, 5.74) is 0.513. The van der Waals surface area contributed by atoms with Gasteiger partial charge in [-0.05, 0) is 25.0 Å². The first-order chi connectivity index (χ1) is 11.5. The highest BCUT2D eigenvalue weighted by molar-refractivity contribution is 6.60. The summed E-state index contributed by atoms with van der Waals surface area (Å²) in [6, 6.07) is 6.49. The predicted molar refractivity (Wildman–Crippen MR) is 92.1 cm³/mol. The zero-order chi connectivity index (χ0) is 18.0. The van der Waals surface area contributed by atoms with Crippen molar-refractivity contribution in [3.8, 4) is 0 Å². The predicted octanol–water partition coefficient (Wildman–Crippen LogP) is 3.61. The minimum Gasteiger partial charge on any atom is -0.377 e. The molecule has 0 fully saturated rings. The summed E-state index contributed by atoms with van der Waals surface area (Å²) < 4.78 is 16.1. The molecule has 7 nitrogen and oxygen atoms in total. The molecule has 0 saturated heterocycles. The first-order valence-electron chi connectivity index (χ1n) is 7.91. The first-order valence-corrected chi connectivity index (χ1v) is 9.84. The lowest BCUT2D eigenvalue weighted by molar-refractivity contribution is -0.384. The second-order valence-electron chi connectivity index (χ2n) is 5.44. The minimum absolute atomic E-state index is 0.00590. The number of ketones is 1. The van der Waals surface area contributed by atoms with Crippen LogP contribution in [-0.2, 0) is 13.3 Å². The third kappa shape index (κ3) is 6.12. The van der Waals surface area contributed by atoms with E-state index in [2.05, 4.69) is 0 Å². The van der Waals surface area contributed by atoms with Crippen molar-refractivity contribution < 1.29 is 23.0 Å². The summed E-state index contributed by atoms with van der Waals surface area (Å²) in [7, 11) is 2.31. The quantitative estimate of drug-likeness (QED) is 0.187. The number of hydrogen-bond donors (Lipinski definition) is 0. The number of carbonyl (C=O) groups excluding carboxylic acids is 1. The number of non-ortho nitro benzene ring substituents is 1.